The lowest BCUT2D eigenvalue weighted by molar-refractivity contribution is 0.102. The number of Topliss-reactive ketones (excluding diaryl/α,β-unsaturated/α-hetero) is 1. The van der Waals surface area contributed by atoms with Crippen LogP contribution in [0.4, 0.5) is 4.39 Å². The van der Waals surface area contributed by atoms with Crippen LogP contribution in [-0.2, 0) is 5.75 Å². The summed E-state index contributed by atoms with van der Waals surface area (Å²) in [5.74, 6) is 1.22. The van der Waals surface area contributed by atoms with E-state index in [0.717, 1.165) is 16.4 Å². The Labute approximate surface area is 182 Å². The van der Waals surface area contributed by atoms with E-state index in [9.17, 15) is 9.18 Å². The fourth-order valence-electron chi connectivity index (χ4n) is 2.84. The van der Waals surface area contributed by atoms with E-state index in [1.807, 2.05) is 53.1 Å². The molecule has 7 heteroatoms. The Balaban J connectivity index is 1.54. The summed E-state index contributed by atoms with van der Waals surface area (Å²) in [6.07, 6.45) is 0. The standard InChI is InChI=1S/C23H18FN3OS2/c24-18-13-11-17(12-14-18)21(28)15-30-23-26-25-22(16-29-20-9-5-2-6-10-20)27(23)19-7-3-1-4-8-19/h1-14H,15-16H2. The van der Waals surface area contributed by atoms with E-state index in [0.29, 0.717) is 16.5 Å². The van der Waals surface area contributed by atoms with Crippen LogP contribution in [0, 0.1) is 5.82 Å². The van der Waals surface area contributed by atoms with E-state index >= 15 is 0 Å². The minimum Gasteiger partial charge on any atom is -0.293 e. The van der Waals surface area contributed by atoms with Crippen molar-refractivity contribution in [1.82, 2.24) is 14.8 Å². The van der Waals surface area contributed by atoms with Gasteiger partial charge in [0.1, 0.15) is 11.6 Å². The molecule has 0 aliphatic carbocycles. The zero-order chi connectivity index (χ0) is 20.8. The first-order chi connectivity index (χ1) is 14.7. The van der Waals surface area contributed by atoms with Crippen molar-refractivity contribution in [1.29, 1.82) is 0 Å². The fraction of sp³-hybridized carbons (Fsp3) is 0.0870. The number of nitrogens with zero attached hydrogens (tertiary/aromatic N) is 3. The molecule has 0 aliphatic rings. The molecule has 4 rings (SSSR count). The second-order valence-corrected chi connectivity index (χ2v) is 8.38. The van der Waals surface area contributed by atoms with Gasteiger partial charge in [-0.1, -0.05) is 48.2 Å². The maximum Gasteiger partial charge on any atom is 0.196 e. The van der Waals surface area contributed by atoms with Crippen LogP contribution in [0.1, 0.15) is 16.2 Å². The number of hydrogen-bond acceptors (Lipinski definition) is 5. The minimum atomic E-state index is -0.358. The predicted molar refractivity (Wildman–Crippen MR) is 119 cm³/mol. The van der Waals surface area contributed by atoms with Crippen molar-refractivity contribution in [2.24, 2.45) is 0 Å². The zero-order valence-electron chi connectivity index (χ0n) is 15.9. The van der Waals surface area contributed by atoms with E-state index in [-0.39, 0.29) is 17.4 Å². The van der Waals surface area contributed by atoms with Gasteiger partial charge in [0, 0.05) is 16.1 Å². The summed E-state index contributed by atoms with van der Waals surface area (Å²) >= 11 is 3.01. The number of halogens is 1. The highest BCUT2D eigenvalue weighted by Gasteiger charge is 2.16. The molecule has 0 saturated carbocycles. The second kappa shape index (κ2) is 9.73. The molecule has 30 heavy (non-hydrogen) atoms. The molecule has 0 spiro atoms. The number of thioether (sulfide) groups is 2. The first kappa shape index (κ1) is 20.4. The Bertz CT molecular complexity index is 1120. The summed E-state index contributed by atoms with van der Waals surface area (Å²) in [7, 11) is 0. The van der Waals surface area contributed by atoms with E-state index in [4.69, 9.17) is 0 Å². The number of carbonyl (C=O) groups excluding carboxylic acids is 1. The Kier molecular flexibility index (Phi) is 6.61. The highest BCUT2D eigenvalue weighted by atomic mass is 32.2. The van der Waals surface area contributed by atoms with Crippen LogP contribution in [0.5, 0.6) is 0 Å². The number of rotatable bonds is 8. The number of benzene rings is 3. The molecule has 0 saturated heterocycles. The number of aromatic nitrogens is 3. The smallest absolute Gasteiger partial charge is 0.196 e. The Morgan fingerprint density at radius 1 is 0.833 bits per heavy atom. The van der Waals surface area contributed by atoms with Crippen LogP contribution in [0.2, 0.25) is 0 Å². The van der Waals surface area contributed by atoms with Crippen molar-refractivity contribution in [2.75, 3.05) is 5.75 Å². The van der Waals surface area contributed by atoms with Gasteiger partial charge >= 0.3 is 0 Å². The maximum atomic E-state index is 13.1. The number of hydrogen-bond donors (Lipinski definition) is 0. The summed E-state index contributed by atoms with van der Waals surface area (Å²) < 4.78 is 15.1. The predicted octanol–water partition coefficient (Wildman–Crippen LogP) is 5.67. The molecule has 4 nitrogen and oxygen atoms in total. The molecule has 0 aliphatic heterocycles. The third-order valence-electron chi connectivity index (χ3n) is 4.32. The topological polar surface area (TPSA) is 47.8 Å². The molecule has 0 N–H and O–H groups in total. The largest absolute Gasteiger partial charge is 0.293 e. The van der Waals surface area contributed by atoms with Gasteiger partial charge in [-0.25, -0.2) is 4.39 Å². The van der Waals surface area contributed by atoms with Crippen LogP contribution in [0.25, 0.3) is 5.69 Å². The van der Waals surface area contributed by atoms with Crippen molar-refractivity contribution in [3.05, 3.63) is 102 Å². The van der Waals surface area contributed by atoms with Crippen LogP contribution < -0.4 is 0 Å². The van der Waals surface area contributed by atoms with Crippen LogP contribution >= 0.6 is 23.5 Å². The molecule has 4 aromatic rings. The van der Waals surface area contributed by atoms with Crippen LogP contribution in [0.3, 0.4) is 0 Å². The van der Waals surface area contributed by atoms with E-state index < -0.39 is 0 Å². The van der Waals surface area contributed by atoms with Gasteiger partial charge in [-0.15, -0.1) is 22.0 Å². The molecule has 150 valence electrons. The lowest BCUT2D eigenvalue weighted by Crippen LogP contribution is -2.05. The van der Waals surface area contributed by atoms with E-state index in [1.54, 1.807) is 11.8 Å². The lowest BCUT2D eigenvalue weighted by Gasteiger charge is -2.10. The first-order valence-electron chi connectivity index (χ1n) is 9.30. The van der Waals surface area contributed by atoms with E-state index in [1.165, 1.54) is 36.0 Å². The zero-order valence-corrected chi connectivity index (χ0v) is 17.6. The van der Waals surface area contributed by atoms with Crippen molar-refractivity contribution >= 4 is 29.3 Å². The summed E-state index contributed by atoms with van der Waals surface area (Å²) in [6, 6.07) is 25.6. The third kappa shape index (κ3) is 4.98. The summed E-state index contributed by atoms with van der Waals surface area (Å²) in [6.45, 7) is 0. The van der Waals surface area contributed by atoms with Gasteiger partial charge in [0.05, 0.1) is 11.5 Å². The second-order valence-electron chi connectivity index (χ2n) is 6.39. The van der Waals surface area contributed by atoms with Crippen LogP contribution in [0.15, 0.2) is 95.0 Å². The van der Waals surface area contributed by atoms with Gasteiger partial charge in [0.15, 0.2) is 10.9 Å². The Morgan fingerprint density at radius 3 is 2.20 bits per heavy atom. The SMILES string of the molecule is O=C(CSc1nnc(CSc2ccccc2)n1-c1ccccc1)c1ccc(F)cc1. The molecule has 0 unspecified atom stereocenters. The molecule has 0 fully saturated rings. The average Bonchev–Trinajstić information content (AvgIpc) is 3.20. The number of carbonyl (C=O) groups is 1. The molecule has 3 aromatic carbocycles. The number of ketones is 1. The monoisotopic (exact) mass is 435 g/mol. The number of para-hydroxylation sites is 1. The summed E-state index contributed by atoms with van der Waals surface area (Å²) in [5, 5.41) is 9.37. The molecule has 0 radical (unpaired) electrons. The van der Waals surface area contributed by atoms with Gasteiger partial charge in [0.2, 0.25) is 0 Å². The van der Waals surface area contributed by atoms with Gasteiger partial charge in [0.25, 0.3) is 0 Å². The summed E-state index contributed by atoms with van der Waals surface area (Å²) in [4.78, 5) is 13.6. The molecule has 1 heterocycles. The van der Waals surface area contributed by atoms with Gasteiger partial charge in [-0.05, 0) is 48.5 Å². The molecule has 0 amide bonds. The minimum absolute atomic E-state index is 0.0807. The van der Waals surface area contributed by atoms with Crippen LogP contribution in [-0.4, -0.2) is 26.3 Å². The lowest BCUT2D eigenvalue weighted by atomic mass is 10.1. The Hall–Kier alpha value is -2.90. The average molecular weight is 436 g/mol. The molecule has 0 bridgehead atoms. The maximum absolute atomic E-state index is 13.1. The highest BCUT2D eigenvalue weighted by Crippen LogP contribution is 2.27. The molecular formula is C23H18FN3OS2. The highest BCUT2D eigenvalue weighted by molar-refractivity contribution is 7.99. The van der Waals surface area contributed by atoms with Gasteiger partial charge in [-0.3, -0.25) is 9.36 Å². The van der Waals surface area contributed by atoms with Gasteiger partial charge in [-0.2, -0.15) is 0 Å². The quantitative estimate of drug-likeness (QED) is 0.263. The molecular weight excluding hydrogens is 417 g/mol. The van der Waals surface area contributed by atoms with Crippen molar-refractivity contribution in [3.8, 4) is 5.69 Å². The molecule has 0 atom stereocenters. The third-order valence-corrected chi connectivity index (χ3v) is 6.26. The van der Waals surface area contributed by atoms with Crippen molar-refractivity contribution in [3.63, 3.8) is 0 Å². The van der Waals surface area contributed by atoms with Gasteiger partial charge < -0.3 is 0 Å². The van der Waals surface area contributed by atoms with Crippen molar-refractivity contribution in [2.45, 2.75) is 15.8 Å². The molecule has 1 aromatic heterocycles. The first-order valence-corrected chi connectivity index (χ1v) is 11.3. The van der Waals surface area contributed by atoms with Crippen molar-refractivity contribution < 1.29 is 9.18 Å². The Morgan fingerprint density at radius 2 is 1.50 bits per heavy atom. The fourth-order valence-corrected chi connectivity index (χ4v) is 4.54. The summed E-state index contributed by atoms with van der Waals surface area (Å²) in [5.41, 5.74) is 1.43. The van der Waals surface area contributed by atoms with E-state index in [2.05, 4.69) is 22.3 Å². The normalized spacial score (nSPS) is 10.8.